The number of pyridine rings is 1. The summed E-state index contributed by atoms with van der Waals surface area (Å²) in [6.07, 6.45) is 11.4. The normalized spacial score (nSPS) is 13.9. The summed E-state index contributed by atoms with van der Waals surface area (Å²) in [6, 6.07) is 9.19. The van der Waals surface area contributed by atoms with Gasteiger partial charge in [0.1, 0.15) is 0 Å². The Morgan fingerprint density at radius 3 is 2.72 bits per heavy atom. The minimum atomic E-state index is -0.0938. The zero-order chi connectivity index (χ0) is 17.5. The van der Waals surface area contributed by atoms with Crippen LogP contribution in [-0.2, 0) is 0 Å². The van der Waals surface area contributed by atoms with Crippen molar-refractivity contribution in [1.29, 1.82) is 0 Å². The third-order valence-corrected chi connectivity index (χ3v) is 4.50. The van der Waals surface area contributed by atoms with Gasteiger partial charge < -0.3 is 10.6 Å². The summed E-state index contributed by atoms with van der Waals surface area (Å²) >= 11 is 5.89. The van der Waals surface area contributed by atoms with Crippen molar-refractivity contribution >= 4 is 28.9 Å². The van der Waals surface area contributed by atoms with Gasteiger partial charge in [-0.1, -0.05) is 23.3 Å². The number of anilines is 2. The summed E-state index contributed by atoms with van der Waals surface area (Å²) in [5.41, 5.74) is 3.68. The van der Waals surface area contributed by atoms with Crippen molar-refractivity contribution in [3.05, 3.63) is 65.0 Å². The molecule has 2 N–H and O–H groups in total. The molecule has 5 heteroatoms. The Bertz CT molecular complexity index is 756. The number of allylic oxidation sites excluding steroid dienone is 1. The zero-order valence-corrected chi connectivity index (χ0v) is 14.9. The van der Waals surface area contributed by atoms with E-state index >= 15 is 0 Å². The van der Waals surface area contributed by atoms with E-state index in [4.69, 9.17) is 11.6 Å². The lowest BCUT2D eigenvalue weighted by atomic mass is 9.97. The average molecular weight is 356 g/mol. The van der Waals surface area contributed by atoms with E-state index in [9.17, 15) is 4.79 Å². The van der Waals surface area contributed by atoms with Crippen molar-refractivity contribution in [2.24, 2.45) is 0 Å². The Balaban J connectivity index is 1.55. The van der Waals surface area contributed by atoms with Crippen LogP contribution in [-0.4, -0.2) is 17.4 Å². The predicted octanol–water partition coefficient (Wildman–Crippen LogP) is 5.10. The molecule has 1 aromatic carbocycles. The second-order valence-electron chi connectivity index (χ2n) is 6.21. The fourth-order valence-electron chi connectivity index (χ4n) is 2.90. The average Bonchev–Trinajstić information content (AvgIpc) is 2.65. The molecule has 0 spiro atoms. The molecular weight excluding hydrogens is 334 g/mol. The van der Waals surface area contributed by atoms with Gasteiger partial charge in [-0.3, -0.25) is 9.78 Å². The molecular formula is C20H22ClN3O. The lowest BCUT2D eigenvalue weighted by molar-refractivity contribution is 0.0953. The number of aromatic nitrogens is 1. The van der Waals surface area contributed by atoms with Gasteiger partial charge in [-0.05, 0) is 62.4 Å². The van der Waals surface area contributed by atoms with Crippen LogP contribution in [0.2, 0.25) is 5.02 Å². The van der Waals surface area contributed by atoms with E-state index in [1.165, 1.54) is 24.8 Å². The zero-order valence-electron chi connectivity index (χ0n) is 14.1. The third-order valence-electron chi connectivity index (χ3n) is 4.25. The van der Waals surface area contributed by atoms with Crippen LogP contribution < -0.4 is 10.6 Å². The molecule has 0 saturated heterocycles. The van der Waals surface area contributed by atoms with E-state index in [0.29, 0.717) is 17.1 Å². The van der Waals surface area contributed by atoms with Crippen molar-refractivity contribution in [3.8, 4) is 0 Å². The highest BCUT2D eigenvalue weighted by atomic mass is 35.5. The van der Waals surface area contributed by atoms with Crippen LogP contribution in [0, 0.1) is 0 Å². The minimum absolute atomic E-state index is 0.0938. The summed E-state index contributed by atoms with van der Waals surface area (Å²) < 4.78 is 0. The Kier molecular flexibility index (Phi) is 6.07. The lowest BCUT2D eigenvalue weighted by Crippen LogP contribution is -2.25. The molecule has 1 heterocycles. The van der Waals surface area contributed by atoms with Crippen LogP contribution in [0.15, 0.2) is 54.4 Å². The topological polar surface area (TPSA) is 54.0 Å². The molecule has 130 valence electrons. The Labute approximate surface area is 153 Å². The molecule has 0 aliphatic heterocycles. The summed E-state index contributed by atoms with van der Waals surface area (Å²) in [6.45, 7) is 0.666. The van der Waals surface area contributed by atoms with Gasteiger partial charge >= 0.3 is 0 Å². The van der Waals surface area contributed by atoms with Crippen LogP contribution in [0.1, 0.15) is 42.5 Å². The first-order valence-corrected chi connectivity index (χ1v) is 9.02. The fraction of sp³-hybridized carbons (Fsp3) is 0.300. The summed E-state index contributed by atoms with van der Waals surface area (Å²) in [5, 5.41) is 6.89. The van der Waals surface area contributed by atoms with E-state index in [2.05, 4.69) is 21.7 Å². The molecule has 1 amide bonds. The van der Waals surface area contributed by atoms with E-state index in [1.54, 1.807) is 18.5 Å². The van der Waals surface area contributed by atoms with E-state index in [1.807, 2.05) is 24.3 Å². The minimum Gasteiger partial charge on any atom is -0.354 e. The monoisotopic (exact) mass is 355 g/mol. The van der Waals surface area contributed by atoms with Crippen LogP contribution in [0.4, 0.5) is 11.4 Å². The SMILES string of the molecule is O=C(NCCC1=CCCCC1)c1cncc(Nc2ccc(Cl)cc2)c1. The predicted molar refractivity (Wildman–Crippen MR) is 102 cm³/mol. The second-order valence-corrected chi connectivity index (χ2v) is 6.64. The number of hydrogen-bond acceptors (Lipinski definition) is 3. The Morgan fingerprint density at radius 1 is 1.12 bits per heavy atom. The molecule has 0 bridgehead atoms. The largest absolute Gasteiger partial charge is 0.354 e. The number of nitrogens with zero attached hydrogens (tertiary/aromatic N) is 1. The van der Waals surface area contributed by atoms with Crippen LogP contribution in [0.3, 0.4) is 0 Å². The van der Waals surface area contributed by atoms with E-state index in [-0.39, 0.29) is 5.91 Å². The lowest BCUT2D eigenvalue weighted by Gasteiger charge is -2.13. The highest BCUT2D eigenvalue weighted by molar-refractivity contribution is 6.30. The molecule has 4 nitrogen and oxygen atoms in total. The molecule has 0 fully saturated rings. The number of rotatable bonds is 6. The maximum atomic E-state index is 12.3. The molecule has 2 aromatic rings. The van der Waals surface area contributed by atoms with Crippen molar-refractivity contribution in [2.75, 3.05) is 11.9 Å². The fourth-order valence-corrected chi connectivity index (χ4v) is 3.03. The molecule has 0 atom stereocenters. The Hall–Kier alpha value is -2.33. The van der Waals surface area contributed by atoms with Gasteiger partial charge in [0.2, 0.25) is 0 Å². The molecule has 25 heavy (non-hydrogen) atoms. The number of halogens is 1. The molecule has 1 aliphatic carbocycles. The number of nitrogens with one attached hydrogen (secondary N) is 2. The first-order valence-electron chi connectivity index (χ1n) is 8.64. The molecule has 3 rings (SSSR count). The number of hydrogen-bond donors (Lipinski definition) is 2. The molecule has 1 aliphatic rings. The molecule has 0 unspecified atom stereocenters. The maximum absolute atomic E-state index is 12.3. The standard InChI is InChI=1S/C20H22ClN3O/c21-17-6-8-18(9-7-17)24-19-12-16(13-22-14-19)20(25)23-11-10-15-4-2-1-3-5-15/h4,6-9,12-14,24H,1-3,5,10-11H2,(H,23,25). The first kappa shape index (κ1) is 17.5. The number of amides is 1. The van der Waals surface area contributed by atoms with Gasteiger partial charge in [0, 0.05) is 23.5 Å². The highest BCUT2D eigenvalue weighted by Gasteiger charge is 2.08. The van der Waals surface area contributed by atoms with Crippen molar-refractivity contribution in [1.82, 2.24) is 10.3 Å². The summed E-state index contributed by atoms with van der Waals surface area (Å²) in [7, 11) is 0. The first-order chi connectivity index (χ1) is 12.2. The van der Waals surface area contributed by atoms with Crippen molar-refractivity contribution in [2.45, 2.75) is 32.1 Å². The van der Waals surface area contributed by atoms with E-state index in [0.717, 1.165) is 24.2 Å². The Morgan fingerprint density at radius 2 is 1.96 bits per heavy atom. The van der Waals surface area contributed by atoms with Crippen molar-refractivity contribution in [3.63, 3.8) is 0 Å². The van der Waals surface area contributed by atoms with Gasteiger partial charge in [0.25, 0.3) is 5.91 Å². The molecule has 0 saturated carbocycles. The molecule has 0 radical (unpaired) electrons. The van der Waals surface area contributed by atoms with E-state index < -0.39 is 0 Å². The smallest absolute Gasteiger partial charge is 0.252 e. The number of carbonyl (C=O) groups is 1. The third kappa shape index (κ3) is 5.33. The quantitative estimate of drug-likeness (QED) is 0.709. The van der Waals surface area contributed by atoms with Crippen LogP contribution in [0.5, 0.6) is 0 Å². The van der Waals surface area contributed by atoms with Gasteiger partial charge in [0.15, 0.2) is 0 Å². The van der Waals surface area contributed by atoms with Gasteiger partial charge in [-0.25, -0.2) is 0 Å². The number of carbonyl (C=O) groups excluding carboxylic acids is 1. The highest BCUT2D eigenvalue weighted by Crippen LogP contribution is 2.20. The second kappa shape index (κ2) is 8.67. The maximum Gasteiger partial charge on any atom is 0.252 e. The van der Waals surface area contributed by atoms with Gasteiger partial charge in [-0.2, -0.15) is 0 Å². The summed E-state index contributed by atoms with van der Waals surface area (Å²) in [4.78, 5) is 16.5. The van der Waals surface area contributed by atoms with Crippen molar-refractivity contribution < 1.29 is 4.79 Å². The van der Waals surface area contributed by atoms with Crippen LogP contribution >= 0.6 is 11.6 Å². The number of benzene rings is 1. The van der Waals surface area contributed by atoms with Gasteiger partial charge in [0.05, 0.1) is 17.4 Å². The molecule has 1 aromatic heterocycles. The summed E-state index contributed by atoms with van der Waals surface area (Å²) in [5.74, 6) is -0.0938. The van der Waals surface area contributed by atoms with Crippen LogP contribution in [0.25, 0.3) is 0 Å². The van der Waals surface area contributed by atoms with Gasteiger partial charge in [-0.15, -0.1) is 0 Å².